The molecule has 2 aromatic carbocycles. The van der Waals surface area contributed by atoms with Crippen LogP contribution in [0.15, 0.2) is 48.5 Å². The van der Waals surface area contributed by atoms with E-state index >= 15 is 0 Å². The second kappa shape index (κ2) is 13.3. The fourth-order valence-corrected chi connectivity index (χ4v) is 4.61. The smallest absolute Gasteiger partial charge is 0.119 e. The van der Waals surface area contributed by atoms with Crippen molar-refractivity contribution >= 4 is 0 Å². The molecule has 4 rings (SSSR count). The van der Waals surface area contributed by atoms with Gasteiger partial charge in [-0.3, -0.25) is 0 Å². The molecule has 0 N–H and O–H groups in total. The van der Waals surface area contributed by atoms with E-state index in [0.717, 1.165) is 50.8 Å². The Balaban J connectivity index is 1.13. The van der Waals surface area contributed by atoms with Gasteiger partial charge in [-0.05, 0) is 61.1 Å². The molecule has 0 radical (unpaired) electrons. The summed E-state index contributed by atoms with van der Waals surface area (Å²) in [4.78, 5) is 0. The van der Waals surface area contributed by atoms with Gasteiger partial charge >= 0.3 is 0 Å². The van der Waals surface area contributed by atoms with Gasteiger partial charge in [-0.2, -0.15) is 0 Å². The largest absolute Gasteiger partial charge is 0.494 e. The Morgan fingerprint density at radius 3 is 1.34 bits per heavy atom. The van der Waals surface area contributed by atoms with E-state index in [4.69, 9.17) is 18.9 Å². The van der Waals surface area contributed by atoms with Gasteiger partial charge in [0.25, 0.3) is 0 Å². The Hall–Kier alpha value is -2.04. The molecule has 2 aliphatic heterocycles. The molecule has 0 bridgehead atoms. The van der Waals surface area contributed by atoms with Gasteiger partial charge in [0.05, 0.1) is 38.6 Å². The first-order valence-electron chi connectivity index (χ1n) is 13.8. The lowest BCUT2D eigenvalue weighted by atomic mass is 9.78. The van der Waals surface area contributed by atoms with E-state index in [1.54, 1.807) is 0 Å². The van der Waals surface area contributed by atoms with E-state index in [1.165, 1.54) is 62.5 Å². The highest BCUT2D eigenvalue weighted by molar-refractivity contribution is 5.41. The topological polar surface area (TPSA) is 43.5 Å². The van der Waals surface area contributed by atoms with Crippen LogP contribution in [0.2, 0.25) is 0 Å². The predicted molar refractivity (Wildman–Crippen MR) is 142 cm³/mol. The van der Waals surface area contributed by atoms with E-state index in [2.05, 4.69) is 62.4 Å². The molecule has 0 saturated carbocycles. The van der Waals surface area contributed by atoms with Crippen molar-refractivity contribution in [2.45, 2.75) is 95.7 Å². The van der Waals surface area contributed by atoms with Gasteiger partial charge in [-0.15, -0.1) is 0 Å². The van der Waals surface area contributed by atoms with E-state index < -0.39 is 0 Å². The third kappa shape index (κ3) is 9.16. The van der Waals surface area contributed by atoms with Gasteiger partial charge in [0.15, 0.2) is 0 Å². The maximum Gasteiger partial charge on any atom is 0.119 e. The average Bonchev–Trinajstić information content (AvgIpc) is 3.79. The molecule has 2 atom stereocenters. The van der Waals surface area contributed by atoms with Crippen LogP contribution >= 0.6 is 0 Å². The molecule has 4 heteroatoms. The molecule has 0 aliphatic carbocycles. The molecule has 2 fully saturated rings. The second-order valence-corrected chi connectivity index (χ2v) is 10.7. The van der Waals surface area contributed by atoms with Gasteiger partial charge in [0.2, 0.25) is 0 Å². The molecular weight excluding hydrogens is 436 g/mol. The van der Waals surface area contributed by atoms with Crippen molar-refractivity contribution in [3.8, 4) is 11.5 Å². The number of rotatable bonds is 18. The fraction of sp³-hybridized carbons (Fsp3) is 0.613. The molecule has 35 heavy (non-hydrogen) atoms. The Labute approximate surface area is 212 Å². The minimum Gasteiger partial charge on any atom is -0.494 e. The van der Waals surface area contributed by atoms with E-state index in [-0.39, 0.29) is 5.41 Å². The van der Waals surface area contributed by atoms with Crippen LogP contribution in [0.25, 0.3) is 0 Å². The molecule has 192 valence electrons. The van der Waals surface area contributed by atoms with Crippen molar-refractivity contribution < 1.29 is 18.9 Å². The zero-order valence-electron chi connectivity index (χ0n) is 21.8. The summed E-state index contributed by atoms with van der Waals surface area (Å²) < 4.78 is 22.5. The maximum absolute atomic E-state index is 5.97. The lowest BCUT2D eigenvalue weighted by molar-refractivity contribution is 0.303. The highest BCUT2D eigenvalue weighted by atomic mass is 16.6. The Kier molecular flexibility index (Phi) is 9.91. The second-order valence-electron chi connectivity index (χ2n) is 10.7. The Bertz CT molecular complexity index is 779. The number of unbranched alkanes of at least 4 members (excludes halogenated alkanes) is 6. The van der Waals surface area contributed by atoms with E-state index in [9.17, 15) is 0 Å². The Morgan fingerprint density at radius 2 is 0.971 bits per heavy atom. The summed E-state index contributed by atoms with van der Waals surface area (Å²) in [7, 11) is 0. The first-order valence-corrected chi connectivity index (χ1v) is 13.8. The number of hydrogen-bond acceptors (Lipinski definition) is 4. The minimum absolute atomic E-state index is 0.0758. The van der Waals surface area contributed by atoms with Crippen LogP contribution in [0.1, 0.15) is 89.2 Å². The van der Waals surface area contributed by atoms with Crippen LogP contribution in [-0.4, -0.2) is 38.6 Å². The van der Waals surface area contributed by atoms with Crippen LogP contribution in [-0.2, 0) is 14.9 Å². The quantitative estimate of drug-likeness (QED) is 0.164. The van der Waals surface area contributed by atoms with Crippen molar-refractivity contribution in [1.82, 2.24) is 0 Å². The maximum atomic E-state index is 5.97. The predicted octanol–water partition coefficient (Wildman–Crippen LogP) is 7.47. The number of epoxide rings is 2. The van der Waals surface area contributed by atoms with Crippen molar-refractivity contribution in [3.05, 3.63) is 59.7 Å². The summed E-state index contributed by atoms with van der Waals surface area (Å²) in [5.74, 6) is 1.92. The van der Waals surface area contributed by atoms with Gasteiger partial charge in [0.1, 0.15) is 11.5 Å². The third-order valence-corrected chi connectivity index (χ3v) is 7.34. The first-order chi connectivity index (χ1) is 17.1. The molecule has 0 aromatic heterocycles. The third-order valence-electron chi connectivity index (χ3n) is 7.34. The molecule has 2 heterocycles. The summed E-state index contributed by atoms with van der Waals surface area (Å²) in [6.07, 6.45) is 13.4. The zero-order chi connectivity index (χ0) is 24.3. The van der Waals surface area contributed by atoms with Crippen LogP contribution in [0, 0.1) is 0 Å². The summed E-state index contributed by atoms with van der Waals surface area (Å²) in [5.41, 5.74) is 2.50. The van der Waals surface area contributed by atoms with Gasteiger partial charge in [-0.1, -0.05) is 76.6 Å². The van der Waals surface area contributed by atoms with Crippen molar-refractivity contribution in [2.75, 3.05) is 26.4 Å². The monoisotopic (exact) mass is 480 g/mol. The summed E-state index contributed by atoms with van der Waals surface area (Å²) in [6.45, 7) is 8.09. The van der Waals surface area contributed by atoms with E-state index in [1.807, 2.05) is 0 Å². The van der Waals surface area contributed by atoms with Crippen LogP contribution in [0.4, 0.5) is 0 Å². The number of hydrogen-bond donors (Lipinski definition) is 0. The van der Waals surface area contributed by atoms with E-state index in [0.29, 0.717) is 12.2 Å². The number of benzene rings is 2. The normalized spacial score (nSPS) is 18.9. The summed E-state index contributed by atoms with van der Waals surface area (Å²) >= 11 is 0. The molecule has 2 unspecified atom stereocenters. The highest BCUT2D eigenvalue weighted by Crippen LogP contribution is 2.33. The molecule has 0 spiro atoms. The summed E-state index contributed by atoms with van der Waals surface area (Å²) in [5, 5.41) is 0. The highest BCUT2D eigenvalue weighted by Gasteiger charge is 2.23. The molecule has 2 saturated heterocycles. The van der Waals surface area contributed by atoms with Crippen LogP contribution < -0.4 is 9.47 Å². The lowest BCUT2D eigenvalue weighted by Gasteiger charge is -2.26. The van der Waals surface area contributed by atoms with Crippen LogP contribution in [0.3, 0.4) is 0 Å². The molecule has 2 aliphatic rings. The SMILES string of the molecule is CC(C)(c1ccc(OCCCCCCC2CO2)cc1)c1ccc(OCCCCCCC2CO2)cc1. The van der Waals surface area contributed by atoms with Crippen molar-refractivity contribution in [2.24, 2.45) is 0 Å². The van der Waals surface area contributed by atoms with Crippen LogP contribution in [0.5, 0.6) is 11.5 Å². The minimum atomic E-state index is -0.0758. The van der Waals surface area contributed by atoms with Gasteiger partial charge in [-0.25, -0.2) is 0 Å². The fourth-order valence-electron chi connectivity index (χ4n) is 4.61. The number of ether oxygens (including phenoxy) is 4. The standard InChI is InChI=1S/C31H44O4/c1-31(2,25-13-17-27(18-14-25)32-21-9-5-3-7-11-29-23-34-29)26-15-19-28(20-16-26)33-22-10-6-4-8-12-30-24-35-30/h13-20,29-30H,3-12,21-24H2,1-2H3. The zero-order valence-corrected chi connectivity index (χ0v) is 21.8. The summed E-state index contributed by atoms with van der Waals surface area (Å²) in [6, 6.07) is 17.2. The van der Waals surface area contributed by atoms with Gasteiger partial charge < -0.3 is 18.9 Å². The van der Waals surface area contributed by atoms with Crippen molar-refractivity contribution in [1.29, 1.82) is 0 Å². The average molecular weight is 481 g/mol. The molecule has 4 nitrogen and oxygen atoms in total. The molecule has 2 aromatic rings. The molecule has 0 amide bonds. The lowest BCUT2D eigenvalue weighted by Crippen LogP contribution is -2.18. The molecular formula is C31H44O4. The van der Waals surface area contributed by atoms with Gasteiger partial charge in [0, 0.05) is 5.41 Å². The van der Waals surface area contributed by atoms with Crippen molar-refractivity contribution in [3.63, 3.8) is 0 Å². The first kappa shape index (κ1) is 26.0. The Morgan fingerprint density at radius 1 is 0.600 bits per heavy atom.